The lowest BCUT2D eigenvalue weighted by Crippen LogP contribution is -2.07. The largest absolute Gasteiger partial charge is 0.369 e. The standard InChI is InChI=1S/C10H14N4/c1-3-7(2)14-9-6-12-5-4-8(9)13-10(14)11/h4-7H,3H2,1-2H3,(H2,11,13). The van der Waals surface area contributed by atoms with E-state index in [1.54, 1.807) is 6.20 Å². The number of pyridine rings is 1. The molecule has 4 nitrogen and oxygen atoms in total. The van der Waals surface area contributed by atoms with E-state index in [9.17, 15) is 0 Å². The summed E-state index contributed by atoms with van der Waals surface area (Å²) in [6.45, 7) is 4.26. The second kappa shape index (κ2) is 3.29. The Morgan fingerprint density at radius 3 is 3.07 bits per heavy atom. The van der Waals surface area contributed by atoms with E-state index in [0.29, 0.717) is 12.0 Å². The average Bonchev–Trinajstić information content (AvgIpc) is 2.53. The lowest BCUT2D eigenvalue weighted by Gasteiger charge is -2.12. The Hall–Kier alpha value is -1.58. The Balaban J connectivity index is 2.67. The van der Waals surface area contributed by atoms with Crippen LogP contribution in [0.2, 0.25) is 0 Å². The van der Waals surface area contributed by atoms with Gasteiger partial charge in [0, 0.05) is 12.2 Å². The van der Waals surface area contributed by atoms with E-state index in [2.05, 4.69) is 23.8 Å². The molecule has 1 unspecified atom stereocenters. The number of imidazole rings is 1. The molecule has 2 heterocycles. The first-order chi connectivity index (χ1) is 6.74. The summed E-state index contributed by atoms with van der Waals surface area (Å²) in [5.41, 5.74) is 7.78. The molecule has 4 heteroatoms. The minimum Gasteiger partial charge on any atom is -0.369 e. The molecule has 0 aliphatic carbocycles. The highest BCUT2D eigenvalue weighted by Gasteiger charge is 2.11. The topological polar surface area (TPSA) is 56.7 Å². The molecule has 14 heavy (non-hydrogen) atoms. The first kappa shape index (κ1) is 8.99. The van der Waals surface area contributed by atoms with Gasteiger partial charge in [-0.2, -0.15) is 0 Å². The summed E-state index contributed by atoms with van der Waals surface area (Å²) in [5.74, 6) is 0.572. The van der Waals surface area contributed by atoms with Crippen LogP contribution in [0.3, 0.4) is 0 Å². The predicted molar refractivity (Wildman–Crippen MR) is 56.9 cm³/mol. The van der Waals surface area contributed by atoms with Crippen LogP contribution in [0.15, 0.2) is 18.5 Å². The van der Waals surface area contributed by atoms with Crippen molar-refractivity contribution in [1.82, 2.24) is 14.5 Å². The van der Waals surface area contributed by atoms with Crippen LogP contribution in [-0.4, -0.2) is 14.5 Å². The molecule has 0 spiro atoms. The second-order valence-corrected chi connectivity index (χ2v) is 3.46. The minimum atomic E-state index is 0.365. The average molecular weight is 190 g/mol. The third kappa shape index (κ3) is 1.23. The van der Waals surface area contributed by atoms with Crippen molar-refractivity contribution in [3.63, 3.8) is 0 Å². The Morgan fingerprint density at radius 2 is 2.36 bits per heavy atom. The van der Waals surface area contributed by atoms with Crippen molar-refractivity contribution in [3.8, 4) is 0 Å². The lowest BCUT2D eigenvalue weighted by molar-refractivity contribution is 0.551. The van der Waals surface area contributed by atoms with Gasteiger partial charge in [-0.25, -0.2) is 4.98 Å². The third-order valence-electron chi connectivity index (χ3n) is 2.55. The predicted octanol–water partition coefficient (Wildman–Crippen LogP) is 1.98. The van der Waals surface area contributed by atoms with E-state index in [1.807, 2.05) is 16.8 Å². The molecule has 2 aromatic heterocycles. The fourth-order valence-corrected chi connectivity index (χ4v) is 1.61. The summed E-state index contributed by atoms with van der Waals surface area (Å²) in [4.78, 5) is 8.37. The molecule has 0 saturated heterocycles. The molecule has 0 amide bonds. The zero-order chi connectivity index (χ0) is 10.1. The van der Waals surface area contributed by atoms with Crippen LogP contribution in [0.4, 0.5) is 5.95 Å². The first-order valence-corrected chi connectivity index (χ1v) is 4.81. The van der Waals surface area contributed by atoms with E-state index >= 15 is 0 Å². The van der Waals surface area contributed by atoms with E-state index in [-0.39, 0.29) is 0 Å². The Kier molecular flexibility index (Phi) is 2.11. The number of nitrogens with zero attached hydrogens (tertiary/aromatic N) is 3. The first-order valence-electron chi connectivity index (χ1n) is 4.81. The van der Waals surface area contributed by atoms with Gasteiger partial charge in [0.15, 0.2) is 0 Å². The van der Waals surface area contributed by atoms with Crippen molar-refractivity contribution < 1.29 is 0 Å². The summed E-state index contributed by atoms with van der Waals surface area (Å²) >= 11 is 0. The fourth-order valence-electron chi connectivity index (χ4n) is 1.61. The molecule has 74 valence electrons. The smallest absolute Gasteiger partial charge is 0.201 e. The van der Waals surface area contributed by atoms with E-state index in [4.69, 9.17) is 5.73 Å². The SMILES string of the molecule is CCC(C)n1c(N)nc2ccncc21. The number of hydrogen-bond acceptors (Lipinski definition) is 3. The van der Waals surface area contributed by atoms with Crippen molar-refractivity contribution in [3.05, 3.63) is 18.5 Å². The summed E-state index contributed by atoms with van der Waals surface area (Å²) < 4.78 is 2.03. The highest BCUT2D eigenvalue weighted by atomic mass is 15.2. The van der Waals surface area contributed by atoms with Crippen molar-refractivity contribution in [1.29, 1.82) is 0 Å². The van der Waals surface area contributed by atoms with Crippen molar-refractivity contribution >= 4 is 17.0 Å². The fraction of sp³-hybridized carbons (Fsp3) is 0.400. The van der Waals surface area contributed by atoms with Gasteiger partial charge >= 0.3 is 0 Å². The number of aromatic nitrogens is 3. The van der Waals surface area contributed by atoms with Crippen LogP contribution >= 0.6 is 0 Å². The van der Waals surface area contributed by atoms with Crippen LogP contribution < -0.4 is 5.73 Å². The normalized spacial score (nSPS) is 13.3. The molecule has 2 rings (SSSR count). The summed E-state index contributed by atoms with van der Waals surface area (Å²) in [6.07, 6.45) is 4.57. The molecule has 1 atom stereocenters. The molecule has 0 saturated carbocycles. The van der Waals surface area contributed by atoms with Gasteiger partial charge in [-0.3, -0.25) is 4.98 Å². The second-order valence-electron chi connectivity index (χ2n) is 3.46. The number of fused-ring (bicyclic) bond motifs is 1. The Labute approximate surface area is 82.8 Å². The van der Waals surface area contributed by atoms with E-state index in [1.165, 1.54) is 0 Å². The molecule has 0 aliphatic heterocycles. The highest BCUT2D eigenvalue weighted by molar-refractivity contribution is 5.77. The molecule has 0 bridgehead atoms. The zero-order valence-corrected chi connectivity index (χ0v) is 8.44. The van der Waals surface area contributed by atoms with Crippen LogP contribution in [0.25, 0.3) is 11.0 Å². The molecular weight excluding hydrogens is 176 g/mol. The van der Waals surface area contributed by atoms with Crippen LogP contribution in [0.1, 0.15) is 26.3 Å². The number of rotatable bonds is 2. The van der Waals surface area contributed by atoms with Gasteiger partial charge in [0.05, 0.1) is 17.2 Å². The van der Waals surface area contributed by atoms with E-state index in [0.717, 1.165) is 17.5 Å². The zero-order valence-electron chi connectivity index (χ0n) is 8.44. The number of nitrogen functional groups attached to an aromatic ring is 1. The van der Waals surface area contributed by atoms with Crippen LogP contribution in [-0.2, 0) is 0 Å². The van der Waals surface area contributed by atoms with Gasteiger partial charge in [-0.1, -0.05) is 6.92 Å². The maximum Gasteiger partial charge on any atom is 0.201 e. The van der Waals surface area contributed by atoms with Crippen LogP contribution in [0.5, 0.6) is 0 Å². The van der Waals surface area contributed by atoms with E-state index < -0.39 is 0 Å². The number of nitrogens with two attached hydrogens (primary N) is 1. The van der Waals surface area contributed by atoms with Crippen LogP contribution in [0, 0.1) is 0 Å². The van der Waals surface area contributed by atoms with Crippen molar-refractivity contribution in [2.75, 3.05) is 5.73 Å². The molecule has 0 fully saturated rings. The van der Waals surface area contributed by atoms with Gasteiger partial charge in [0.2, 0.25) is 5.95 Å². The molecular formula is C10H14N4. The van der Waals surface area contributed by atoms with Crippen molar-refractivity contribution in [2.24, 2.45) is 0 Å². The molecule has 2 N–H and O–H groups in total. The number of hydrogen-bond donors (Lipinski definition) is 1. The number of anilines is 1. The Morgan fingerprint density at radius 1 is 1.57 bits per heavy atom. The quantitative estimate of drug-likeness (QED) is 0.787. The molecule has 0 aromatic carbocycles. The third-order valence-corrected chi connectivity index (χ3v) is 2.55. The van der Waals surface area contributed by atoms with Gasteiger partial charge in [-0.15, -0.1) is 0 Å². The summed E-state index contributed by atoms with van der Waals surface area (Å²) in [5, 5.41) is 0. The van der Waals surface area contributed by atoms with Gasteiger partial charge < -0.3 is 10.3 Å². The Bertz CT molecular complexity index is 446. The minimum absolute atomic E-state index is 0.365. The summed E-state index contributed by atoms with van der Waals surface area (Å²) in [6, 6.07) is 2.24. The maximum absolute atomic E-state index is 5.85. The van der Waals surface area contributed by atoms with Gasteiger partial charge in [0.25, 0.3) is 0 Å². The summed E-state index contributed by atoms with van der Waals surface area (Å²) in [7, 11) is 0. The highest BCUT2D eigenvalue weighted by Crippen LogP contribution is 2.23. The lowest BCUT2D eigenvalue weighted by atomic mass is 10.2. The monoisotopic (exact) mass is 190 g/mol. The molecule has 0 radical (unpaired) electrons. The van der Waals surface area contributed by atoms with Gasteiger partial charge in [0.1, 0.15) is 0 Å². The van der Waals surface area contributed by atoms with Gasteiger partial charge in [-0.05, 0) is 19.4 Å². The van der Waals surface area contributed by atoms with Crippen molar-refractivity contribution in [2.45, 2.75) is 26.3 Å². The molecule has 2 aromatic rings. The molecule has 0 aliphatic rings. The maximum atomic E-state index is 5.85.